The lowest BCUT2D eigenvalue weighted by atomic mass is 10.0. The number of aryl methyl sites for hydroxylation is 1. The summed E-state index contributed by atoms with van der Waals surface area (Å²) < 4.78 is 5.28. The second-order valence-corrected chi connectivity index (χ2v) is 6.64. The quantitative estimate of drug-likeness (QED) is 0.580. The minimum absolute atomic E-state index is 0.0397. The van der Waals surface area contributed by atoms with E-state index in [1.165, 1.54) is 0 Å². The van der Waals surface area contributed by atoms with Crippen LogP contribution in [0.2, 0.25) is 0 Å². The van der Waals surface area contributed by atoms with Gasteiger partial charge in [0.25, 0.3) is 5.91 Å². The number of Topliss-reactive ketones (excluding diaryl/α,β-unsaturated/α-hetero) is 1. The molecule has 0 fully saturated rings. The highest BCUT2D eigenvalue weighted by molar-refractivity contribution is 5.99. The van der Waals surface area contributed by atoms with Crippen molar-refractivity contribution in [3.63, 3.8) is 0 Å². The number of ketones is 1. The van der Waals surface area contributed by atoms with Crippen LogP contribution in [0.1, 0.15) is 42.1 Å². The first kappa shape index (κ1) is 18.8. The maximum absolute atomic E-state index is 12.7. The van der Waals surface area contributed by atoms with Crippen molar-refractivity contribution in [1.82, 2.24) is 0 Å². The van der Waals surface area contributed by atoms with Crippen LogP contribution in [0.4, 0.5) is 5.69 Å². The number of amides is 1. The van der Waals surface area contributed by atoms with Gasteiger partial charge in [-0.1, -0.05) is 48.5 Å². The molecule has 0 bridgehead atoms. The third-order valence-electron chi connectivity index (χ3n) is 4.68. The summed E-state index contributed by atoms with van der Waals surface area (Å²) in [7, 11) is 0. The topological polar surface area (TPSA) is 63.7 Å². The lowest BCUT2D eigenvalue weighted by Gasteiger charge is -2.31. The molecule has 1 atom stereocenters. The standard InChI is InChI=1S/C22H23NO4/c1-16(22(26)23-15-7-11-17-8-5-6-12-19(17)23)27-21(25)14-13-20(24)18-9-3-2-4-10-18/h2-6,8-10,12,16H,7,11,13-15H2,1H3. The van der Waals surface area contributed by atoms with Gasteiger partial charge in [0, 0.05) is 24.2 Å². The molecule has 0 saturated heterocycles. The summed E-state index contributed by atoms with van der Waals surface area (Å²) in [5.41, 5.74) is 2.58. The number of benzene rings is 2. The van der Waals surface area contributed by atoms with Gasteiger partial charge in [-0.3, -0.25) is 14.4 Å². The van der Waals surface area contributed by atoms with Gasteiger partial charge in [0.2, 0.25) is 0 Å². The number of esters is 1. The van der Waals surface area contributed by atoms with Crippen molar-refractivity contribution in [1.29, 1.82) is 0 Å². The van der Waals surface area contributed by atoms with Crippen LogP contribution in [0.3, 0.4) is 0 Å². The minimum atomic E-state index is -0.879. The van der Waals surface area contributed by atoms with Crippen LogP contribution in [0.5, 0.6) is 0 Å². The van der Waals surface area contributed by atoms with Crippen LogP contribution in [0.25, 0.3) is 0 Å². The molecule has 0 spiro atoms. The largest absolute Gasteiger partial charge is 0.453 e. The smallest absolute Gasteiger partial charge is 0.307 e. The van der Waals surface area contributed by atoms with E-state index >= 15 is 0 Å². The number of ether oxygens (including phenoxy) is 1. The highest BCUT2D eigenvalue weighted by Gasteiger charge is 2.28. The molecule has 1 unspecified atom stereocenters. The number of nitrogens with zero attached hydrogens (tertiary/aromatic N) is 1. The van der Waals surface area contributed by atoms with Gasteiger partial charge in [0.05, 0.1) is 6.42 Å². The Kier molecular flexibility index (Phi) is 6.01. The summed E-state index contributed by atoms with van der Waals surface area (Å²) in [6.45, 7) is 2.20. The molecule has 0 aliphatic carbocycles. The summed E-state index contributed by atoms with van der Waals surface area (Å²) in [5, 5.41) is 0. The van der Waals surface area contributed by atoms with Crippen molar-refractivity contribution in [2.75, 3.05) is 11.4 Å². The van der Waals surface area contributed by atoms with Crippen LogP contribution in [-0.4, -0.2) is 30.3 Å². The zero-order valence-electron chi connectivity index (χ0n) is 15.4. The molecule has 1 heterocycles. The molecule has 0 saturated carbocycles. The summed E-state index contributed by atoms with van der Waals surface area (Å²) in [6, 6.07) is 16.6. The molecule has 3 rings (SSSR count). The molecule has 1 amide bonds. The van der Waals surface area contributed by atoms with Crippen molar-refractivity contribution < 1.29 is 19.1 Å². The Bertz CT molecular complexity index is 831. The lowest BCUT2D eigenvalue weighted by Crippen LogP contribution is -2.42. The first-order valence-corrected chi connectivity index (χ1v) is 9.23. The first-order valence-electron chi connectivity index (χ1n) is 9.23. The average molecular weight is 365 g/mol. The van der Waals surface area contributed by atoms with Gasteiger partial charge in [-0.25, -0.2) is 0 Å². The highest BCUT2D eigenvalue weighted by Crippen LogP contribution is 2.27. The number of hydrogen-bond donors (Lipinski definition) is 0. The van der Waals surface area contributed by atoms with Gasteiger partial charge in [-0.15, -0.1) is 0 Å². The van der Waals surface area contributed by atoms with Crippen LogP contribution >= 0.6 is 0 Å². The molecule has 1 aliphatic rings. The van der Waals surface area contributed by atoms with E-state index in [4.69, 9.17) is 4.74 Å². The normalized spacial score (nSPS) is 14.2. The van der Waals surface area contributed by atoms with Crippen LogP contribution in [0.15, 0.2) is 54.6 Å². The zero-order chi connectivity index (χ0) is 19.2. The predicted molar refractivity (Wildman–Crippen MR) is 103 cm³/mol. The Balaban J connectivity index is 1.54. The van der Waals surface area contributed by atoms with E-state index in [0.29, 0.717) is 12.1 Å². The molecule has 140 valence electrons. The molecule has 5 nitrogen and oxygen atoms in total. The molecule has 2 aromatic rings. The third kappa shape index (κ3) is 4.61. The van der Waals surface area contributed by atoms with Gasteiger partial charge in [0.15, 0.2) is 11.9 Å². The number of rotatable bonds is 6. The first-order chi connectivity index (χ1) is 13.1. The Labute approximate surface area is 158 Å². The SMILES string of the molecule is CC(OC(=O)CCC(=O)c1ccccc1)C(=O)N1CCCc2ccccc21. The van der Waals surface area contributed by atoms with E-state index in [1.807, 2.05) is 30.3 Å². The van der Waals surface area contributed by atoms with E-state index in [1.54, 1.807) is 36.1 Å². The number of hydrogen-bond acceptors (Lipinski definition) is 4. The number of fused-ring (bicyclic) bond motifs is 1. The summed E-state index contributed by atoms with van der Waals surface area (Å²) in [4.78, 5) is 38.6. The predicted octanol–water partition coefficient (Wildman–Crippen LogP) is 3.56. The molecule has 1 aliphatic heterocycles. The Morgan fingerprint density at radius 1 is 1.00 bits per heavy atom. The van der Waals surface area contributed by atoms with Crippen LogP contribution < -0.4 is 4.90 Å². The fourth-order valence-electron chi connectivity index (χ4n) is 3.27. The number of carbonyl (C=O) groups excluding carboxylic acids is 3. The van der Waals surface area contributed by atoms with Gasteiger partial charge in [-0.2, -0.15) is 0 Å². The zero-order valence-corrected chi connectivity index (χ0v) is 15.4. The maximum atomic E-state index is 12.7. The highest BCUT2D eigenvalue weighted by atomic mass is 16.5. The van der Waals surface area contributed by atoms with E-state index in [-0.39, 0.29) is 24.5 Å². The summed E-state index contributed by atoms with van der Waals surface area (Å²) in [6.07, 6.45) is 0.971. The third-order valence-corrected chi connectivity index (χ3v) is 4.68. The second-order valence-electron chi connectivity index (χ2n) is 6.64. The van der Waals surface area contributed by atoms with Crippen molar-refractivity contribution >= 4 is 23.3 Å². The molecule has 5 heteroatoms. The van der Waals surface area contributed by atoms with Crippen molar-refractivity contribution in [3.8, 4) is 0 Å². The van der Waals surface area contributed by atoms with E-state index < -0.39 is 12.1 Å². The fraction of sp³-hybridized carbons (Fsp3) is 0.318. The molecule has 0 aromatic heterocycles. The summed E-state index contributed by atoms with van der Waals surface area (Å²) >= 11 is 0. The molecular formula is C22H23NO4. The molecule has 0 N–H and O–H groups in total. The van der Waals surface area contributed by atoms with Crippen molar-refractivity contribution in [2.24, 2.45) is 0 Å². The molecule has 27 heavy (non-hydrogen) atoms. The summed E-state index contributed by atoms with van der Waals surface area (Å²) in [5.74, 6) is -0.883. The molecular weight excluding hydrogens is 342 g/mol. The Hall–Kier alpha value is -2.95. The Morgan fingerprint density at radius 3 is 2.48 bits per heavy atom. The minimum Gasteiger partial charge on any atom is -0.453 e. The fourth-order valence-corrected chi connectivity index (χ4v) is 3.27. The van der Waals surface area contributed by atoms with Crippen LogP contribution in [0, 0.1) is 0 Å². The number of anilines is 1. The molecule has 2 aromatic carbocycles. The van der Waals surface area contributed by atoms with Gasteiger partial charge >= 0.3 is 5.97 Å². The Morgan fingerprint density at radius 2 is 1.70 bits per heavy atom. The van der Waals surface area contributed by atoms with Crippen molar-refractivity contribution in [2.45, 2.75) is 38.7 Å². The average Bonchev–Trinajstić information content (AvgIpc) is 2.71. The van der Waals surface area contributed by atoms with E-state index in [0.717, 1.165) is 24.1 Å². The lowest BCUT2D eigenvalue weighted by molar-refractivity contribution is -0.153. The van der Waals surface area contributed by atoms with Crippen LogP contribution in [-0.2, 0) is 20.7 Å². The maximum Gasteiger partial charge on any atom is 0.307 e. The monoisotopic (exact) mass is 365 g/mol. The van der Waals surface area contributed by atoms with Crippen molar-refractivity contribution in [3.05, 3.63) is 65.7 Å². The van der Waals surface area contributed by atoms with E-state index in [2.05, 4.69) is 0 Å². The van der Waals surface area contributed by atoms with Gasteiger partial charge < -0.3 is 9.64 Å². The van der Waals surface area contributed by atoms with Gasteiger partial charge in [-0.05, 0) is 31.4 Å². The van der Waals surface area contributed by atoms with E-state index in [9.17, 15) is 14.4 Å². The molecule has 0 radical (unpaired) electrons. The van der Waals surface area contributed by atoms with Gasteiger partial charge in [0.1, 0.15) is 0 Å². The number of carbonyl (C=O) groups is 3. The second kappa shape index (κ2) is 8.62. The number of para-hydroxylation sites is 1.